The van der Waals surface area contributed by atoms with Crippen LogP contribution in [0.25, 0.3) is 0 Å². The molecular formula is C15H15NO2. The molecule has 3 nitrogen and oxygen atoms in total. The second-order valence-electron chi connectivity index (χ2n) is 4.27. The Morgan fingerprint density at radius 1 is 1.17 bits per heavy atom. The summed E-state index contributed by atoms with van der Waals surface area (Å²) < 4.78 is 1.56. The van der Waals surface area contributed by atoms with E-state index in [2.05, 4.69) is 0 Å². The highest BCUT2D eigenvalue weighted by molar-refractivity contribution is 5.95. The number of hydrogen-bond acceptors (Lipinski definition) is 2. The Morgan fingerprint density at radius 3 is 2.56 bits per heavy atom. The predicted molar refractivity (Wildman–Crippen MR) is 70.8 cm³/mol. The fourth-order valence-corrected chi connectivity index (χ4v) is 1.78. The van der Waals surface area contributed by atoms with E-state index in [4.69, 9.17) is 0 Å². The number of carbonyl (C=O) groups excluding carboxylic acids is 1. The number of hydrogen-bond donors (Lipinski definition) is 0. The number of aryl methyl sites for hydroxylation is 2. The highest BCUT2D eigenvalue weighted by atomic mass is 16.1. The summed E-state index contributed by atoms with van der Waals surface area (Å²) in [5.41, 5.74) is 1.57. The van der Waals surface area contributed by atoms with Crippen molar-refractivity contribution in [2.75, 3.05) is 0 Å². The molecule has 3 heteroatoms. The van der Waals surface area contributed by atoms with Gasteiger partial charge in [0.05, 0.1) is 0 Å². The Kier molecular flexibility index (Phi) is 3.72. The molecule has 0 saturated carbocycles. The second kappa shape index (κ2) is 5.45. The lowest BCUT2D eigenvalue weighted by Crippen LogP contribution is -2.20. The number of benzene rings is 1. The highest BCUT2D eigenvalue weighted by Gasteiger charge is 2.05. The van der Waals surface area contributed by atoms with Crippen LogP contribution >= 0.6 is 0 Å². The fourth-order valence-electron chi connectivity index (χ4n) is 1.78. The van der Waals surface area contributed by atoms with Crippen LogP contribution in [0.1, 0.15) is 22.3 Å². The van der Waals surface area contributed by atoms with E-state index in [1.54, 1.807) is 29.0 Å². The van der Waals surface area contributed by atoms with E-state index in [0.717, 1.165) is 5.56 Å². The minimum Gasteiger partial charge on any atom is -0.315 e. The van der Waals surface area contributed by atoms with Crippen molar-refractivity contribution in [2.45, 2.75) is 19.9 Å². The van der Waals surface area contributed by atoms with Gasteiger partial charge in [-0.1, -0.05) is 30.3 Å². The number of nitrogens with zero attached hydrogens (tertiary/aromatic N) is 1. The molecule has 0 aliphatic heterocycles. The Balaban J connectivity index is 2.04. The Labute approximate surface area is 106 Å². The van der Waals surface area contributed by atoms with E-state index < -0.39 is 0 Å². The maximum Gasteiger partial charge on any atom is 0.250 e. The number of Topliss-reactive ketones (excluding diaryl/α,β-unsaturated/α-hetero) is 1. The van der Waals surface area contributed by atoms with Gasteiger partial charge >= 0.3 is 0 Å². The summed E-state index contributed by atoms with van der Waals surface area (Å²) in [4.78, 5) is 23.5. The molecule has 2 rings (SSSR count). The van der Waals surface area contributed by atoms with Crippen molar-refractivity contribution in [1.82, 2.24) is 4.57 Å². The molecule has 0 aliphatic carbocycles. The average Bonchev–Trinajstić information content (AvgIpc) is 2.38. The van der Waals surface area contributed by atoms with Crippen molar-refractivity contribution in [2.24, 2.45) is 0 Å². The number of pyridine rings is 1. The van der Waals surface area contributed by atoms with Crippen LogP contribution in [0.15, 0.2) is 53.5 Å². The van der Waals surface area contributed by atoms with Crippen molar-refractivity contribution in [3.63, 3.8) is 0 Å². The molecule has 0 aliphatic rings. The fraction of sp³-hybridized carbons (Fsp3) is 0.200. The smallest absolute Gasteiger partial charge is 0.250 e. The van der Waals surface area contributed by atoms with Crippen molar-refractivity contribution in [3.8, 4) is 0 Å². The monoisotopic (exact) mass is 241 g/mol. The number of aromatic nitrogens is 1. The molecule has 1 heterocycles. The molecule has 0 amide bonds. The van der Waals surface area contributed by atoms with Gasteiger partial charge in [0.25, 0.3) is 5.56 Å². The molecule has 0 unspecified atom stereocenters. The topological polar surface area (TPSA) is 39.1 Å². The van der Waals surface area contributed by atoms with Crippen molar-refractivity contribution < 1.29 is 4.79 Å². The zero-order valence-electron chi connectivity index (χ0n) is 10.3. The van der Waals surface area contributed by atoms with Gasteiger partial charge < -0.3 is 4.57 Å². The van der Waals surface area contributed by atoms with E-state index in [1.165, 1.54) is 0 Å². The van der Waals surface area contributed by atoms with Crippen LogP contribution in [0.4, 0.5) is 0 Å². The first-order chi connectivity index (χ1) is 8.66. The number of rotatable bonds is 4. The lowest BCUT2D eigenvalue weighted by Gasteiger charge is -2.05. The minimum absolute atomic E-state index is 0.0584. The van der Waals surface area contributed by atoms with E-state index >= 15 is 0 Å². The van der Waals surface area contributed by atoms with E-state index in [9.17, 15) is 9.59 Å². The van der Waals surface area contributed by atoms with Crippen molar-refractivity contribution >= 4 is 5.78 Å². The summed E-state index contributed by atoms with van der Waals surface area (Å²) in [7, 11) is 0. The van der Waals surface area contributed by atoms with Gasteiger partial charge in [-0.3, -0.25) is 9.59 Å². The van der Waals surface area contributed by atoms with Gasteiger partial charge in [0.2, 0.25) is 0 Å². The highest BCUT2D eigenvalue weighted by Crippen LogP contribution is 2.04. The van der Waals surface area contributed by atoms with E-state index in [-0.39, 0.29) is 11.3 Å². The van der Waals surface area contributed by atoms with Gasteiger partial charge in [0.15, 0.2) is 5.78 Å². The molecular weight excluding hydrogens is 226 g/mol. The predicted octanol–water partition coefficient (Wildman–Crippen LogP) is 2.43. The lowest BCUT2D eigenvalue weighted by atomic mass is 10.1. The van der Waals surface area contributed by atoms with Gasteiger partial charge in [-0.2, -0.15) is 0 Å². The standard InChI is InChI=1S/C15H15NO2/c1-12-7-9-16(15(18)11-12)10-8-14(17)13-5-3-2-4-6-13/h2-7,9,11H,8,10H2,1H3. The van der Waals surface area contributed by atoms with Crippen LogP contribution in [-0.4, -0.2) is 10.4 Å². The van der Waals surface area contributed by atoms with Gasteiger partial charge in [-0.15, -0.1) is 0 Å². The average molecular weight is 241 g/mol. The van der Waals surface area contributed by atoms with Crippen LogP contribution in [0.3, 0.4) is 0 Å². The third kappa shape index (κ3) is 2.94. The van der Waals surface area contributed by atoms with Gasteiger partial charge in [0.1, 0.15) is 0 Å². The summed E-state index contributed by atoms with van der Waals surface area (Å²) in [6.07, 6.45) is 2.07. The first-order valence-electron chi connectivity index (χ1n) is 5.92. The molecule has 0 atom stereocenters. The van der Waals surface area contributed by atoms with Gasteiger partial charge in [-0.25, -0.2) is 0 Å². The zero-order chi connectivity index (χ0) is 13.0. The molecule has 0 spiro atoms. The molecule has 0 fully saturated rings. The quantitative estimate of drug-likeness (QED) is 0.771. The molecule has 0 N–H and O–H groups in total. The van der Waals surface area contributed by atoms with E-state index in [0.29, 0.717) is 18.5 Å². The van der Waals surface area contributed by atoms with Gasteiger partial charge in [-0.05, 0) is 18.6 Å². The van der Waals surface area contributed by atoms with Crippen molar-refractivity contribution in [3.05, 3.63) is 70.1 Å². The third-order valence-electron chi connectivity index (χ3n) is 2.83. The second-order valence-corrected chi connectivity index (χ2v) is 4.27. The first kappa shape index (κ1) is 12.3. The molecule has 1 aromatic carbocycles. The summed E-state index contributed by atoms with van der Waals surface area (Å²) >= 11 is 0. The Bertz CT molecular complexity index is 599. The molecule has 0 saturated heterocycles. The van der Waals surface area contributed by atoms with Crippen LogP contribution in [0.2, 0.25) is 0 Å². The lowest BCUT2D eigenvalue weighted by molar-refractivity contribution is 0.0976. The third-order valence-corrected chi connectivity index (χ3v) is 2.83. The molecule has 0 bridgehead atoms. The van der Waals surface area contributed by atoms with Crippen LogP contribution < -0.4 is 5.56 Å². The maximum absolute atomic E-state index is 11.9. The van der Waals surface area contributed by atoms with Gasteiger partial charge in [0, 0.05) is 30.8 Å². The summed E-state index contributed by atoms with van der Waals surface area (Å²) in [5, 5.41) is 0. The summed E-state index contributed by atoms with van der Waals surface area (Å²) in [6, 6.07) is 12.6. The molecule has 92 valence electrons. The number of carbonyl (C=O) groups is 1. The van der Waals surface area contributed by atoms with E-state index in [1.807, 2.05) is 31.2 Å². The van der Waals surface area contributed by atoms with Crippen LogP contribution in [0, 0.1) is 6.92 Å². The van der Waals surface area contributed by atoms with Crippen LogP contribution in [-0.2, 0) is 6.54 Å². The summed E-state index contributed by atoms with van der Waals surface area (Å²) in [6.45, 7) is 2.30. The zero-order valence-corrected chi connectivity index (χ0v) is 10.3. The largest absolute Gasteiger partial charge is 0.315 e. The molecule has 2 aromatic rings. The number of ketones is 1. The van der Waals surface area contributed by atoms with Crippen molar-refractivity contribution in [1.29, 1.82) is 0 Å². The SMILES string of the molecule is Cc1ccn(CCC(=O)c2ccccc2)c(=O)c1. The Hall–Kier alpha value is -2.16. The Morgan fingerprint density at radius 2 is 1.89 bits per heavy atom. The molecule has 1 aromatic heterocycles. The van der Waals surface area contributed by atoms with Crippen LogP contribution in [0.5, 0.6) is 0 Å². The first-order valence-corrected chi connectivity index (χ1v) is 5.92. The maximum atomic E-state index is 11.9. The minimum atomic E-state index is -0.0594. The summed E-state index contributed by atoms with van der Waals surface area (Å²) in [5.74, 6) is 0.0584. The normalized spacial score (nSPS) is 10.3. The molecule has 18 heavy (non-hydrogen) atoms. The molecule has 0 radical (unpaired) electrons.